The Hall–Kier alpha value is -2.69. The average molecular weight is 423 g/mol. The van der Waals surface area contributed by atoms with E-state index >= 15 is 0 Å². The number of hydrogen-bond donors (Lipinski definition) is 0. The SMILES string of the molecule is CCCC1c2c(cc(C)c(C)c2C)N(CCC)C12C=Nc1c(OC)cc(OC)cc1O2. The Bertz CT molecular complexity index is 1030. The van der Waals surface area contributed by atoms with Gasteiger partial charge in [-0.3, -0.25) is 0 Å². The first kappa shape index (κ1) is 21.5. The molecule has 0 bridgehead atoms. The molecule has 2 aliphatic rings. The van der Waals surface area contributed by atoms with Gasteiger partial charge in [0, 0.05) is 24.4 Å². The van der Waals surface area contributed by atoms with E-state index in [1.54, 1.807) is 14.2 Å². The summed E-state index contributed by atoms with van der Waals surface area (Å²) in [7, 11) is 3.31. The van der Waals surface area contributed by atoms with Gasteiger partial charge in [-0.1, -0.05) is 20.3 Å². The summed E-state index contributed by atoms with van der Waals surface area (Å²) >= 11 is 0. The molecule has 166 valence electrons. The first-order valence-corrected chi connectivity index (χ1v) is 11.3. The van der Waals surface area contributed by atoms with Crippen LogP contribution in [0, 0.1) is 20.8 Å². The van der Waals surface area contributed by atoms with Gasteiger partial charge in [-0.2, -0.15) is 0 Å². The Balaban J connectivity index is 1.94. The third kappa shape index (κ3) is 3.17. The van der Waals surface area contributed by atoms with Gasteiger partial charge in [-0.05, 0) is 61.9 Å². The second-order valence-electron chi connectivity index (χ2n) is 8.66. The van der Waals surface area contributed by atoms with Crippen LogP contribution in [0.25, 0.3) is 0 Å². The predicted molar refractivity (Wildman–Crippen MR) is 127 cm³/mol. The zero-order valence-corrected chi connectivity index (χ0v) is 19.8. The minimum Gasteiger partial charge on any atom is -0.496 e. The van der Waals surface area contributed by atoms with E-state index in [2.05, 4.69) is 45.6 Å². The van der Waals surface area contributed by atoms with Crippen LogP contribution in [0.4, 0.5) is 11.4 Å². The largest absolute Gasteiger partial charge is 0.496 e. The molecule has 0 aliphatic carbocycles. The van der Waals surface area contributed by atoms with Crippen molar-refractivity contribution in [2.75, 3.05) is 25.7 Å². The molecule has 31 heavy (non-hydrogen) atoms. The van der Waals surface area contributed by atoms with E-state index in [0.29, 0.717) is 17.2 Å². The maximum Gasteiger partial charge on any atom is 0.226 e. The number of rotatable bonds is 6. The summed E-state index contributed by atoms with van der Waals surface area (Å²) < 4.78 is 18.0. The summed E-state index contributed by atoms with van der Waals surface area (Å²) in [6.45, 7) is 12.0. The summed E-state index contributed by atoms with van der Waals surface area (Å²) in [4.78, 5) is 7.36. The second kappa shape index (κ2) is 8.10. The monoisotopic (exact) mass is 422 g/mol. The molecule has 0 saturated carbocycles. The fourth-order valence-electron chi connectivity index (χ4n) is 5.17. The van der Waals surface area contributed by atoms with Gasteiger partial charge in [0.15, 0.2) is 11.5 Å². The Morgan fingerprint density at radius 1 is 1.03 bits per heavy atom. The highest BCUT2D eigenvalue weighted by Crippen LogP contribution is 2.56. The topological polar surface area (TPSA) is 43.3 Å². The van der Waals surface area contributed by atoms with Gasteiger partial charge in [0.1, 0.15) is 11.4 Å². The molecule has 2 unspecified atom stereocenters. The van der Waals surface area contributed by atoms with Crippen LogP contribution < -0.4 is 19.1 Å². The maximum absolute atomic E-state index is 6.93. The summed E-state index contributed by atoms with van der Waals surface area (Å²) in [5.74, 6) is 2.27. The lowest BCUT2D eigenvalue weighted by atomic mass is 9.83. The minimum absolute atomic E-state index is 0.201. The van der Waals surface area contributed by atoms with Crippen molar-refractivity contribution < 1.29 is 14.2 Å². The molecule has 2 aromatic rings. The van der Waals surface area contributed by atoms with Gasteiger partial charge in [0.05, 0.1) is 26.4 Å². The maximum atomic E-state index is 6.93. The average Bonchev–Trinajstić information content (AvgIpc) is 3.00. The lowest BCUT2D eigenvalue weighted by Crippen LogP contribution is -2.56. The van der Waals surface area contributed by atoms with Crippen LogP contribution in [0.2, 0.25) is 0 Å². The molecule has 5 nitrogen and oxygen atoms in total. The van der Waals surface area contributed by atoms with Crippen molar-refractivity contribution in [3.63, 3.8) is 0 Å². The molecule has 0 fully saturated rings. The zero-order valence-electron chi connectivity index (χ0n) is 19.8. The number of ether oxygens (including phenoxy) is 3. The van der Waals surface area contributed by atoms with Crippen LogP contribution in [0.5, 0.6) is 17.2 Å². The number of benzene rings is 2. The predicted octanol–water partition coefficient (Wildman–Crippen LogP) is 6.23. The standard InChI is InChI=1S/C26H34N2O3/c1-8-10-20-24-18(5)17(4)16(3)12-21(24)28(11-9-2)26(20)15-27-25-22(30-7)13-19(29-6)14-23(25)31-26/h12-15,20H,8-11H2,1-7H3. The molecular weight excluding hydrogens is 388 g/mol. The van der Waals surface area contributed by atoms with Gasteiger partial charge in [0.25, 0.3) is 0 Å². The van der Waals surface area contributed by atoms with Crippen LogP contribution >= 0.6 is 0 Å². The first-order valence-electron chi connectivity index (χ1n) is 11.3. The number of aliphatic imine (C=N–C) groups is 1. The van der Waals surface area contributed by atoms with E-state index in [4.69, 9.17) is 19.2 Å². The number of nitrogens with zero attached hydrogens (tertiary/aromatic N) is 2. The molecule has 4 rings (SSSR count). The highest BCUT2D eigenvalue weighted by atomic mass is 16.5. The summed E-state index contributed by atoms with van der Waals surface area (Å²) in [6, 6.07) is 6.12. The van der Waals surface area contributed by atoms with Crippen molar-refractivity contribution >= 4 is 17.6 Å². The van der Waals surface area contributed by atoms with Crippen molar-refractivity contribution in [1.29, 1.82) is 0 Å². The molecule has 5 heteroatoms. The number of methoxy groups -OCH3 is 2. The first-order chi connectivity index (χ1) is 14.9. The van der Waals surface area contributed by atoms with Gasteiger partial charge in [-0.15, -0.1) is 0 Å². The highest BCUT2D eigenvalue weighted by molar-refractivity contribution is 5.89. The van der Waals surface area contributed by atoms with Crippen molar-refractivity contribution in [2.24, 2.45) is 4.99 Å². The second-order valence-corrected chi connectivity index (χ2v) is 8.66. The summed E-state index contributed by atoms with van der Waals surface area (Å²) in [6.07, 6.45) is 5.14. The van der Waals surface area contributed by atoms with E-state index in [-0.39, 0.29) is 5.92 Å². The van der Waals surface area contributed by atoms with Crippen LogP contribution in [-0.4, -0.2) is 32.7 Å². The molecule has 2 atom stereocenters. The number of anilines is 1. The van der Waals surface area contributed by atoms with Crippen LogP contribution in [0.3, 0.4) is 0 Å². The van der Waals surface area contributed by atoms with Crippen molar-refractivity contribution in [3.8, 4) is 17.2 Å². The Kier molecular flexibility index (Phi) is 5.63. The summed E-state index contributed by atoms with van der Waals surface area (Å²) in [5.41, 5.74) is 6.82. The Labute approximate surface area is 186 Å². The van der Waals surface area contributed by atoms with Crippen LogP contribution in [0.1, 0.15) is 61.3 Å². The van der Waals surface area contributed by atoms with Crippen molar-refractivity contribution in [3.05, 3.63) is 40.5 Å². The summed E-state index contributed by atoms with van der Waals surface area (Å²) in [5, 5.41) is 0. The molecule has 1 spiro atoms. The van der Waals surface area contributed by atoms with Crippen molar-refractivity contribution in [2.45, 2.75) is 65.5 Å². The molecule has 0 aromatic heterocycles. The molecule has 2 heterocycles. The van der Waals surface area contributed by atoms with Crippen LogP contribution in [0.15, 0.2) is 23.2 Å². The third-order valence-corrected chi connectivity index (χ3v) is 6.89. The lowest BCUT2D eigenvalue weighted by Gasteiger charge is -2.43. The van der Waals surface area contributed by atoms with E-state index < -0.39 is 5.72 Å². The van der Waals surface area contributed by atoms with E-state index in [1.165, 1.54) is 27.9 Å². The molecule has 2 aliphatic heterocycles. The fraction of sp³-hybridized carbons (Fsp3) is 0.500. The third-order valence-electron chi connectivity index (χ3n) is 6.89. The van der Waals surface area contributed by atoms with Gasteiger partial charge in [0.2, 0.25) is 5.72 Å². The van der Waals surface area contributed by atoms with Gasteiger partial charge >= 0.3 is 0 Å². The van der Waals surface area contributed by atoms with Gasteiger partial charge < -0.3 is 19.1 Å². The lowest BCUT2D eigenvalue weighted by molar-refractivity contribution is 0.112. The molecule has 0 saturated heterocycles. The molecule has 0 amide bonds. The fourth-order valence-corrected chi connectivity index (χ4v) is 5.17. The van der Waals surface area contributed by atoms with Gasteiger partial charge in [-0.25, -0.2) is 4.99 Å². The molecule has 0 radical (unpaired) electrons. The Morgan fingerprint density at radius 3 is 2.45 bits per heavy atom. The molecule has 0 N–H and O–H groups in total. The molecular formula is C26H34N2O3. The van der Waals surface area contributed by atoms with Crippen LogP contribution in [-0.2, 0) is 0 Å². The number of fused-ring (bicyclic) bond motifs is 2. The Morgan fingerprint density at radius 2 is 1.81 bits per heavy atom. The zero-order chi connectivity index (χ0) is 22.3. The van der Waals surface area contributed by atoms with Crippen molar-refractivity contribution in [1.82, 2.24) is 0 Å². The quantitative estimate of drug-likeness (QED) is 0.553. The van der Waals surface area contributed by atoms with E-state index in [1.807, 2.05) is 18.3 Å². The number of aryl methyl sites for hydroxylation is 1. The normalized spacial score (nSPS) is 21.1. The minimum atomic E-state index is -0.649. The van der Waals surface area contributed by atoms with E-state index in [9.17, 15) is 0 Å². The molecule has 2 aromatic carbocycles. The van der Waals surface area contributed by atoms with E-state index in [0.717, 1.165) is 31.5 Å². The smallest absolute Gasteiger partial charge is 0.226 e. The number of hydrogen-bond acceptors (Lipinski definition) is 5. The highest BCUT2D eigenvalue weighted by Gasteiger charge is 2.54.